The Labute approximate surface area is 96.9 Å². The highest BCUT2D eigenvalue weighted by Crippen LogP contribution is 2.09. The van der Waals surface area contributed by atoms with Gasteiger partial charge in [0.2, 0.25) is 0 Å². The van der Waals surface area contributed by atoms with Gasteiger partial charge in [0.1, 0.15) is 0 Å². The Bertz CT molecular complexity index is 274. The number of hydrogen-bond acceptors (Lipinski definition) is 4. The summed E-state index contributed by atoms with van der Waals surface area (Å²) >= 11 is 0. The van der Waals surface area contributed by atoms with Crippen LogP contribution in [0.25, 0.3) is 0 Å². The Kier molecular flexibility index (Phi) is 6.37. The van der Waals surface area contributed by atoms with E-state index in [0.717, 1.165) is 43.9 Å². The molecule has 0 saturated heterocycles. The fraction of sp³-hybridized carbons (Fsp3) is 0.500. The molecule has 90 valence electrons. The van der Waals surface area contributed by atoms with Gasteiger partial charge in [-0.3, -0.25) is 0 Å². The molecule has 0 saturated carbocycles. The van der Waals surface area contributed by atoms with Gasteiger partial charge >= 0.3 is 0 Å². The van der Waals surface area contributed by atoms with Crippen molar-refractivity contribution in [2.45, 2.75) is 12.8 Å². The second-order valence-electron chi connectivity index (χ2n) is 3.73. The van der Waals surface area contributed by atoms with Crippen LogP contribution in [0.4, 0.5) is 11.4 Å². The number of aliphatic hydroxyl groups is 1. The third-order valence-corrected chi connectivity index (χ3v) is 2.28. The van der Waals surface area contributed by atoms with Gasteiger partial charge in [0, 0.05) is 24.5 Å². The van der Waals surface area contributed by atoms with Crippen LogP contribution >= 0.6 is 0 Å². The molecule has 16 heavy (non-hydrogen) atoms. The van der Waals surface area contributed by atoms with Crippen molar-refractivity contribution in [2.75, 3.05) is 37.3 Å². The van der Waals surface area contributed by atoms with Crippen LogP contribution in [0.1, 0.15) is 12.8 Å². The Balaban J connectivity index is 2.01. The molecule has 0 radical (unpaired) electrons. The summed E-state index contributed by atoms with van der Waals surface area (Å²) in [7, 11) is 0. The quantitative estimate of drug-likeness (QED) is 0.392. The maximum atomic E-state index is 8.58. The summed E-state index contributed by atoms with van der Waals surface area (Å²) in [6.07, 6.45) is 1.89. The van der Waals surface area contributed by atoms with E-state index in [9.17, 15) is 0 Å². The van der Waals surface area contributed by atoms with Crippen molar-refractivity contribution in [1.82, 2.24) is 5.32 Å². The highest BCUT2D eigenvalue weighted by atomic mass is 16.3. The van der Waals surface area contributed by atoms with Crippen molar-refractivity contribution in [3.63, 3.8) is 0 Å². The second kappa shape index (κ2) is 7.96. The summed E-state index contributed by atoms with van der Waals surface area (Å²) in [5, 5.41) is 15.2. The molecule has 0 aliphatic rings. The van der Waals surface area contributed by atoms with Crippen LogP contribution in [-0.4, -0.2) is 31.3 Å². The van der Waals surface area contributed by atoms with Crippen molar-refractivity contribution >= 4 is 11.4 Å². The first-order valence-electron chi connectivity index (χ1n) is 5.74. The monoisotopic (exact) mass is 223 g/mol. The first-order valence-corrected chi connectivity index (χ1v) is 5.74. The number of benzene rings is 1. The molecule has 4 heteroatoms. The first kappa shape index (κ1) is 12.8. The lowest BCUT2D eigenvalue weighted by Gasteiger charge is -2.07. The SMILES string of the molecule is Nc1ccc(NCCCNCCCO)cc1. The Morgan fingerprint density at radius 1 is 1.00 bits per heavy atom. The Morgan fingerprint density at radius 3 is 2.38 bits per heavy atom. The van der Waals surface area contributed by atoms with Gasteiger partial charge in [-0.05, 0) is 50.2 Å². The number of nitrogens with one attached hydrogen (secondary N) is 2. The summed E-state index contributed by atoms with van der Waals surface area (Å²) in [6, 6.07) is 7.74. The smallest absolute Gasteiger partial charge is 0.0443 e. The summed E-state index contributed by atoms with van der Waals surface area (Å²) in [5.74, 6) is 0. The average Bonchev–Trinajstić information content (AvgIpc) is 2.30. The van der Waals surface area contributed by atoms with Crippen LogP contribution in [0.2, 0.25) is 0 Å². The molecule has 0 heterocycles. The third-order valence-electron chi connectivity index (χ3n) is 2.28. The lowest BCUT2D eigenvalue weighted by molar-refractivity contribution is 0.286. The standard InChI is InChI=1S/C12H21N3O/c13-11-3-5-12(6-4-11)15-9-1-7-14-8-2-10-16/h3-6,14-16H,1-2,7-10,13H2. The molecule has 1 aromatic rings. The van der Waals surface area contributed by atoms with E-state index in [-0.39, 0.29) is 6.61 Å². The van der Waals surface area contributed by atoms with Crippen molar-refractivity contribution < 1.29 is 5.11 Å². The summed E-state index contributed by atoms with van der Waals surface area (Å²) in [5.41, 5.74) is 7.48. The van der Waals surface area contributed by atoms with Crippen molar-refractivity contribution in [1.29, 1.82) is 0 Å². The second-order valence-corrected chi connectivity index (χ2v) is 3.73. The molecule has 1 rings (SSSR count). The Morgan fingerprint density at radius 2 is 1.69 bits per heavy atom. The average molecular weight is 223 g/mol. The maximum Gasteiger partial charge on any atom is 0.0443 e. The molecule has 0 aliphatic carbocycles. The zero-order valence-corrected chi connectivity index (χ0v) is 9.58. The van der Waals surface area contributed by atoms with E-state index in [1.807, 2.05) is 24.3 Å². The van der Waals surface area contributed by atoms with E-state index >= 15 is 0 Å². The van der Waals surface area contributed by atoms with Crippen LogP contribution in [-0.2, 0) is 0 Å². The van der Waals surface area contributed by atoms with Gasteiger partial charge in [-0.15, -0.1) is 0 Å². The predicted molar refractivity (Wildman–Crippen MR) is 68.5 cm³/mol. The zero-order valence-electron chi connectivity index (χ0n) is 9.58. The highest BCUT2D eigenvalue weighted by molar-refractivity contribution is 5.51. The summed E-state index contributed by atoms with van der Waals surface area (Å²) in [4.78, 5) is 0. The van der Waals surface area contributed by atoms with Crippen molar-refractivity contribution in [3.05, 3.63) is 24.3 Å². The number of nitrogens with two attached hydrogens (primary N) is 1. The molecule has 0 fully saturated rings. The van der Waals surface area contributed by atoms with E-state index in [2.05, 4.69) is 10.6 Å². The van der Waals surface area contributed by atoms with Crippen molar-refractivity contribution in [2.24, 2.45) is 0 Å². The van der Waals surface area contributed by atoms with Crippen LogP contribution < -0.4 is 16.4 Å². The maximum absolute atomic E-state index is 8.58. The minimum Gasteiger partial charge on any atom is -0.399 e. The van der Waals surface area contributed by atoms with Gasteiger partial charge in [0.25, 0.3) is 0 Å². The number of rotatable bonds is 8. The fourth-order valence-electron chi connectivity index (χ4n) is 1.38. The van der Waals surface area contributed by atoms with Gasteiger partial charge in [-0.25, -0.2) is 0 Å². The van der Waals surface area contributed by atoms with E-state index in [4.69, 9.17) is 10.8 Å². The van der Waals surface area contributed by atoms with Crippen LogP contribution in [0, 0.1) is 0 Å². The van der Waals surface area contributed by atoms with E-state index < -0.39 is 0 Å². The molecule has 0 aliphatic heterocycles. The molecule has 0 bridgehead atoms. The van der Waals surface area contributed by atoms with Crippen LogP contribution in [0.15, 0.2) is 24.3 Å². The molecular formula is C12H21N3O. The molecule has 0 aromatic heterocycles. The van der Waals surface area contributed by atoms with Gasteiger partial charge in [-0.2, -0.15) is 0 Å². The zero-order chi connectivity index (χ0) is 11.6. The number of anilines is 2. The summed E-state index contributed by atoms with van der Waals surface area (Å²) in [6.45, 7) is 3.06. The topological polar surface area (TPSA) is 70.3 Å². The molecule has 4 nitrogen and oxygen atoms in total. The highest BCUT2D eigenvalue weighted by Gasteiger charge is 1.91. The van der Waals surface area contributed by atoms with Crippen molar-refractivity contribution in [3.8, 4) is 0 Å². The lowest BCUT2D eigenvalue weighted by atomic mass is 10.3. The largest absolute Gasteiger partial charge is 0.399 e. The number of hydrogen-bond donors (Lipinski definition) is 4. The van der Waals surface area contributed by atoms with Crippen LogP contribution in [0.5, 0.6) is 0 Å². The van der Waals surface area contributed by atoms with Crippen LogP contribution in [0.3, 0.4) is 0 Å². The minimum absolute atomic E-state index is 0.261. The molecule has 0 spiro atoms. The van der Waals surface area contributed by atoms with Gasteiger partial charge in [-0.1, -0.05) is 0 Å². The van der Waals surface area contributed by atoms with Gasteiger partial charge in [0.15, 0.2) is 0 Å². The molecule has 1 aromatic carbocycles. The van der Waals surface area contributed by atoms with E-state index in [1.54, 1.807) is 0 Å². The van der Waals surface area contributed by atoms with E-state index in [1.165, 1.54) is 0 Å². The molecule has 0 amide bonds. The van der Waals surface area contributed by atoms with Gasteiger partial charge < -0.3 is 21.5 Å². The molecule has 0 atom stereocenters. The lowest BCUT2D eigenvalue weighted by Crippen LogP contribution is -2.19. The Hall–Kier alpha value is -1.26. The predicted octanol–water partition coefficient (Wildman–Crippen LogP) is 1.04. The first-order chi connectivity index (χ1) is 7.83. The number of aliphatic hydroxyl groups excluding tert-OH is 1. The fourth-order valence-corrected chi connectivity index (χ4v) is 1.38. The minimum atomic E-state index is 0.261. The normalized spacial score (nSPS) is 10.3. The number of nitrogen functional groups attached to an aromatic ring is 1. The molecule has 5 N–H and O–H groups in total. The third kappa shape index (κ3) is 5.58. The molecule has 0 unspecified atom stereocenters. The molecular weight excluding hydrogens is 202 g/mol. The summed E-state index contributed by atoms with van der Waals surface area (Å²) < 4.78 is 0. The van der Waals surface area contributed by atoms with Gasteiger partial charge in [0.05, 0.1) is 0 Å². The van der Waals surface area contributed by atoms with E-state index in [0.29, 0.717) is 0 Å².